The van der Waals surface area contributed by atoms with Crippen molar-refractivity contribution in [3.05, 3.63) is 53.0 Å². The van der Waals surface area contributed by atoms with E-state index in [0.717, 1.165) is 11.6 Å². The highest BCUT2D eigenvalue weighted by Gasteiger charge is 2.08. The third kappa shape index (κ3) is 2.78. The number of aliphatic carboxylic acids is 1. The lowest BCUT2D eigenvalue weighted by Crippen LogP contribution is -1.93. The molecule has 3 nitrogen and oxygen atoms in total. The van der Waals surface area contributed by atoms with Crippen LogP contribution in [0.3, 0.4) is 0 Å². The molecule has 0 bridgehead atoms. The van der Waals surface area contributed by atoms with Crippen molar-refractivity contribution >= 4 is 23.6 Å². The highest BCUT2D eigenvalue weighted by Crippen LogP contribution is 2.24. The molecule has 0 saturated carbocycles. The summed E-state index contributed by atoms with van der Waals surface area (Å²) in [7, 11) is 0. The first kappa shape index (κ1) is 12.4. The zero-order valence-corrected chi connectivity index (χ0v) is 9.82. The van der Waals surface area contributed by atoms with Gasteiger partial charge >= 0.3 is 5.97 Å². The molecule has 0 aliphatic heterocycles. The molecule has 0 aliphatic rings. The zero-order valence-electron chi connectivity index (χ0n) is 9.06. The highest BCUT2D eigenvalue weighted by molar-refractivity contribution is 6.30. The Labute approximate surface area is 107 Å². The van der Waals surface area contributed by atoms with Crippen LogP contribution in [0.15, 0.2) is 46.6 Å². The molecule has 5 heteroatoms. The van der Waals surface area contributed by atoms with Crippen LogP contribution in [0.2, 0.25) is 5.02 Å². The fourth-order valence-electron chi connectivity index (χ4n) is 1.39. The number of rotatable bonds is 3. The molecule has 18 heavy (non-hydrogen) atoms. The molecule has 0 fully saturated rings. The van der Waals surface area contributed by atoms with Gasteiger partial charge in [0.25, 0.3) is 0 Å². The fourth-order valence-corrected chi connectivity index (χ4v) is 1.51. The average Bonchev–Trinajstić information content (AvgIpc) is 2.78. The summed E-state index contributed by atoms with van der Waals surface area (Å²) in [6.07, 6.45) is 0.821. The first-order chi connectivity index (χ1) is 8.56. The molecule has 92 valence electrons. The predicted molar refractivity (Wildman–Crippen MR) is 65.9 cm³/mol. The summed E-state index contributed by atoms with van der Waals surface area (Å²) in [5, 5.41) is 9.00. The van der Waals surface area contributed by atoms with Gasteiger partial charge in [0.1, 0.15) is 11.5 Å². The maximum Gasteiger partial charge on any atom is 0.364 e. The van der Waals surface area contributed by atoms with Gasteiger partial charge in [-0.3, -0.25) is 0 Å². The van der Waals surface area contributed by atoms with E-state index in [1.165, 1.54) is 6.07 Å². The summed E-state index contributed by atoms with van der Waals surface area (Å²) >= 11 is 5.75. The second kappa shape index (κ2) is 5.06. The molecule has 1 aromatic carbocycles. The smallest absolute Gasteiger partial charge is 0.364 e. The molecular weight excluding hydrogens is 259 g/mol. The molecule has 0 saturated heterocycles. The van der Waals surface area contributed by atoms with E-state index < -0.39 is 11.8 Å². The van der Waals surface area contributed by atoms with Crippen molar-refractivity contribution in [3.8, 4) is 11.3 Å². The van der Waals surface area contributed by atoms with Gasteiger partial charge in [-0.2, -0.15) is 4.39 Å². The van der Waals surface area contributed by atoms with Crippen molar-refractivity contribution in [3.63, 3.8) is 0 Å². The van der Waals surface area contributed by atoms with Crippen LogP contribution in [-0.2, 0) is 4.79 Å². The number of carboxylic acids is 1. The summed E-state index contributed by atoms with van der Waals surface area (Å²) in [6.45, 7) is 0. The van der Waals surface area contributed by atoms with Crippen LogP contribution < -0.4 is 0 Å². The van der Waals surface area contributed by atoms with Crippen LogP contribution in [0.4, 0.5) is 4.39 Å². The fraction of sp³-hybridized carbons (Fsp3) is 0. The Morgan fingerprint density at radius 2 is 1.89 bits per heavy atom. The summed E-state index contributed by atoms with van der Waals surface area (Å²) in [5.41, 5.74) is 0.773. The van der Waals surface area contributed by atoms with Crippen molar-refractivity contribution in [1.29, 1.82) is 0 Å². The molecule has 0 unspecified atom stereocenters. The molecule has 1 aromatic heterocycles. The van der Waals surface area contributed by atoms with Gasteiger partial charge in [0.15, 0.2) is 0 Å². The van der Waals surface area contributed by atoms with Crippen molar-refractivity contribution < 1.29 is 18.7 Å². The number of hydrogen-bond acceptors (Lipinski definition) is 2. The van der Waals surface area contributed by atoms with E-state index >= 15 is 0 Å². The first-order valence-corrected chi connectivity index (χ1v) is 5.40. The lowest BCUT2D eigenvalue weighted by atomic mass is 10.2. The van der Waals surface area contributed by atoms with Gasteiger partial charge in [0, 0.05) is 16.7 Å². The Kier molecular flexibility index (Phi) is 3.48. The maximum atomic E-state index is 12.9. The lowest BCUT2D eigenvalue weighted by molar-refractivity contribution is -0.134. The van der Waals surface area contributed by atoms with Gasteiger partial charge in [0.05, 0.1) is 0 Å². The van der Waals surface area contributed by atoms with Gasteiger partial charge in [-0.25, -0.2) is 4.79 Å². The van der Waals surface area contributed by atoms with Crippen LogP contribution in [0.5, 0.6) is 0 Å². The monoisotopic (exact) mass is 266 g/mol. The molecule has 0 atom stereocenters. The molecule has 0 spiro atoms. The number of carboxylic acid groups (broad SMARTS) is 1. The highest BCUT2D eigenvalue weighted by atomic mass is 35.5. The molecule has 2 rings (SSSR count). The van der Waals surface area contributed by atoms with Crippen LogP contribution in [0.1, 0.15) is 5.76 Å². The third-order valence-corrected chi connectivity index (χ3v) is 2.48. The summed E-state index contributed by atoms with van der Waals surface area (Å²) < 4.78 is 18.2. The largest absolute Gasteiger partial charge is 0.476 e. The third-order valence-electron chi connectivity index (χ3n) is 2.23. The molecule has 0 aliphatic carbocycles. The molecular formula is C13H8ClFO3. The van der Waals surface area contributed by atoms with Crippen LogP contribution in [-0.4, -0.2) is 11.1 Å². The van der Waals surface area contributed by atoms with E-state index in [4.69, 9.17) is 21.1 Å². The minimum atomic E-state index is -1.63. The Morgan fingerprint density at radius 3 is 2.50 bits per heavy atom. The average molecular weight is 267 g/mol. The lowest BCUT2D eigenvalue weighted by Gasteiger charge is -1.96. The van der Waals surface area contributed by atoms with Crippen molar-refractivity contribution in [2.45, 2.75) is 0 Å². The summed E-state index contributed by atoms with van der Waals surface area (Å²) in [6, 6.07) is 10.0. The van der Waals surface area contributed by atoms with E-state index in [1.807, 2.05) is 0 Å². The number of hydrogen-bond donors (Lipinski definition) is 1. The summed E-state index contributed by atoms with van der Waals surface area (Å²) in [4.78, 5) is 10.3. The Balaban J connectivity index is 2.28. The van der Waals surface area contributed by atoms with E-state index in [-0.39, 0.29) is 5.76 Å². The number of carbonyl (C=O) groups is 1. The van der Waals surface area contributed by atoms with Gasteiger partial charge in [0.2, 0.25) is 5.83 Å². The Morgan fingerprint density at radius 1 is 1.22 bits per heavy atom. The zero-order chi connectivity index (χ0) is 13.1. The first-order valence-electron chi connectivity index (χ1n) is 5.02. The van der Waals surface area contributed by atoms with Crippen molar-refractivity contribution in [1.82, 2.24) is 0 Å². The molecule has 0 amide bonds. The SMILES string of the molecule is O=C(O)C(F)=Cc1ccc(-c2ccc(Cl)cc2)o1. The molecule has 2 aromatic rings. The number of benzene rings is 1. The number of furan rings is 1. The minimum absolute atomic E-state index is 0.139. The maximum absolute atomic E-state index is 12.9. The minimum Gasteiger partial charge on any atom is -0.476 e. The van der Waals surface area contributed by atoms with Gasteiger partial charge in [-0.05, 0) is 36.4 Å². The van der Waals surface area contributed by atoms with E-state index in [2.05, 4.69) is 0 Å². The molecule has 1 N–H and O–H groups in total. The quantitative estimate of drug-likeness (QED) is 0.855. The standard InChI is InChI=1S/C13H8ClFO3/c14-9-3-1-8(2-4-9)12-6-5-10(18-12)7-11(15)13(16)17/h1-7H,(H,16,17). The number of halogens is 2. The van der Waals surface area contributed by atoms with Crippen LogP contribution in [0.25, 0.3) is 17.4 Å². The van der Waals surface area contributed by atoms with E-state index in [1.54, 1.807) is 30.3 Å². The van der Waals surface area contributed by atoms with E-state index in [0.29, 0.717) is 10.8 Å². The van der Waals surface area contributed by atoms with E-state index in [9.17, 15) is 9.18 Å². The van der Waals surface area contributed by atoms with Crippen molar-refractivity contribution in [2.75, 3.05) is 0 Å². The van der Waals surface area contributed by atoms with Gasteiger partial charge in [-0.1, -0.05) is 11.6 Å². The molecule has 1 heterocycles. The molecule has 0 radical (unpaired) electrons. The van der Waals surface area contributed by atoms with Gasteiger partial charge in [-0.15, -0.1) is 0 Å². The summed E-state index contributed by atoms with van der Waals surface area (Å²) in [5.74, 6) is -2.25. The van der Waals surface area contributed by atoms with Crippen LogP contribution in [0, 0.1) is 0 Å². The van der Waals surface area contributed by atoms with Crippen molar-refractivity contribution in [2.24, 2.45) is 0 Å². The van der Waals surface area contributed by atoms with Gasteiger partial charge < -0.3 is 9.52 Å². The normalized spacial score (nSPS) is 11.6. The Bertz CT molecular complexity index is 599. The second-order valence-corrected chi connectivity index (χ2v) is 3.94. The van der Waals surface area contributed by atoms with Crippen LogP contribution >= 0.6 is 11.6 Å². The Hall–Kier alpha value is -2.07. The topological polar surface area (TPSA) is 50.4 Å². The predicted octanol–water partition coefficient (Wildman–Crippen LogP) is 4.00. The second-order valence-electron chi connectivity index (χ2n) is 3.51.